The molecule has 4 nitrogen and oxygen atoms in total. The maximum absolute atomic E-state index is 6.14. The van der Waals surface area contributed by atoms with Crippen LogP contribution < -0.4 is 10.1 Å². The minimum absolute atomic E-state index is 0.117. The van der Waals surface area contributed by atoms with Crippen LogP contribution in [0.1, 0.15) is 23.7 Å². The van der Waals surface area contributed by atoms with Gasteiger partial charge in [-0.05, 0) is 37.3 Å². The number of hydrogen-bond acceptors (Lipinski definition) is 4. The molecule has 0 saturated carbocycles. The Labute approximate surface area is 139 Å². The number of nitrogens with one attached hydrogen (secondary N) is 1. The van der Waals surface area contributed by atoms with Gasteiger partial charge in [0.05, 0.1) is 29.4 Å². The first-order valence-corrected chi connectivity index (χ1v) is 8.01. The third-order valence-corrected chi connectivity index (χ3v) is 4.30. The molecule has 0 radical (unpaired) electrons. The predicted octanol–water partition coefficient (Wildman–Crippen LogP) is 4.53. The molecule has 0 spiro atoms. The first kappa shape index (κ1) is 14.3. The standard InChI is InChI=1S/C18H16ClN3O/c1-11-18(22-16-5-3-2-4-15(16)20-11)21-14-8-9-23-17-7-6-12(19)10-13(14)17/h2-7,10,14H,8-9H2,1H3,(H,21,22). The van der Waals surface area contributed by atoms with Crippen molar-refractivity contribution in [1.82, 2.24) is 9.97 Å². The molecule has 4 rings (SSSR count). The predicted molar refractivity (Wildman–Crippen MR) is 92.2 cm³/mol. The number of aryl methyl sites for hydroxylation is 1. The normalized spacial score (nSPS) is 16.7. The van der Waals surface area contributed by atoms with Crippen LogP contribution >= 0.6 is 11.6 Å². The summed E-state index contributed by atoms with van der Waals surface area (Å²) in [6.45, 7) is 2.65. The van der Waals surface area contributed by atoms with Gasteiger partial charge < -0.3 is 10.1 Å². The van der Waals surface area contributed by atoms with Gasteiger partial charge in [-0.3, -0.25) is 0 Å². The van der Waals surface area contributed by atoms with Gasteiger partial charge in [0.15, 0.2) is 0 Å². The van der Waals surface area contributed by atoms with E-state index in [-0.39, 0.29) is 6.04 Å². The fourth-order valence-electron chi connectivity index (χ4n) is 2.91. The lowest BCUT2D eigenvalue weighted by atomic mass is 10.0. The number of hydrogen-bond donors (Lipinski definition) is 1. The van der Waals surface area contributed by atoms with Crippen LogP contribution in [0.2, 0.25) is 5.02 Å². The van der Waals surface area contributed by atoms with E-state index >= 15 is 0 Å². The average molecular weight is 326 g/mol. The molecule has 23 heavy (non-hydrogen) atoms. The monoisotopic (exact) mass is 325 g/mol. The minimum Gasteiger partial charge on any atom is -0.493 e. The Morgan fingerprint density at radius 2 is 1.91 bits per heavy atom. The van der Waals surface area contributed by atoms with Crippen LogP contribution in [0.4, 0.5) is 5.82 Å². The van der Waals surface area contributed by atoms with Gasteiger partial charge in [-0.15, -0.1) is 0 Å². The lowest BCUT2D eigenvalue weighted by Gasteiger charge is -2.27. The van der Waals surface area contributed by atoms with Gasteiger partial charge in [0.25, 0.3) is 0 Å². The Morgan fingerprint density at radius 3 is 2.74 bits per heavy atom. The van der Waals surface area contributed by atoms with E-state index in [4.69, 9.17) is 21.3 Å². The number of halogens is 1. The zero-order valence-electron chi connectivity index (χ0n) is 12.7. The van der Waals surface area contributed by atoms with Crippen LogP contribution in [0.25, 0.3) is 11.0 Å². The van der Waals surface area contributed by atoms with Crippen molar-refractivity contribution >= 4 is 28.5 Å². The van der Waals surface area contributed by atoms with E-state index in [0.717, 1.165) is 40.3 Å². The number of para-hydroxylation sites is 2. The lowest BCUT2D eigenvalue weighted by molar-refractivity contribution is 0.274. The fourth-order valence-corrected chi connectivity index (χ4v) is 3.09. The Hall–Kier alpha value is -2.33. The molecule has 0 fully saturated rings. The van der Waals surface area contributed by atoms with E-state index in [1.807, 2.05) is 49.4 Å². The molecule has 1 aliphatic rings. The van der Waals surface area contributed by atoms with Gasteiger partial charge in [0.2, 0.25) is 0 Å². The van der Waals surface area contributed by atoms with Gasteiger partial charge in [-0.1, -0.05) is 23.7 Å². The number of benzene rings is 2. The summed E-state index contributed by atoms with van der Waals surface area (Å²) < 4.78 is 5.71. The van der Waals surface area contributed by atoms with Crippen LogP contribution in [0.5, 0.6) is 5.75 Å². The maximum atomic E-state index is 6.14. The molecule has 116 valence electrons. The first-order valence-electron chi connectivity index (χ1n) is 7.63. The summed E-state index contributed by atoms with van der Waals surface area (Å²) in [6.07, 6.45) is 0.862. The molecule has 2 aromatic carbocycles. The van der Waals surface area contributed by atoms with Crippen LogP contribution in [-0.4, -0.2) is 16.6 Å². The van der Waals surface area contributed by atoms with Crippen molar-refractivity contribution in [2.24, 2.45) is 0 Å². The first-order chi connectivity index (χ1) is 11.2. The third-order valence-electron chi connectivity index (χ3n) is 4.07. The molecule has 0 saturated heterocycles. The average Bonchev–Trinajstić information content (AvgIpc) is 2.56. The number of rotatable bonds is 2. The van der Waals surface area contributed by atoms with E-state index in [9.17, 15) is 0 Å². The molecule has 5 heteroatoms. The second-order valence-corrected chi connectivity index (χ2v) is 6.10. The summed E-state index contributed by atoms with van der Waals surface area (Å²) in [5, 5.41) is 4.22. The fraction of sp³-hybridized carbons (Fsp3) is 0.222. The summed E-state index contributed by atoms with van der Waals surface area (Å²) in [5.74, 6) is 1.69. The molecule has 2 heterocycles. The number of fused-ring (bicyclic) bond motifs is 2. The largest absolute Gasteiger partial charge is 0.493 e. The second kappa shape index (κ2) is 5.70. The number of ether oxygens (including phenoxy) is 1. The highest BCUT2D eigenvalue weighted by Gasteiger charge is 2.23. The highest BCUT2D eigenvalue weighted by Crippen LogP contribution is 2.36. The van der Waals surface area contributed by atoms with Gasteiger partial charge in [0, 0.05) is 17.0 Å². The summed E-state index contributed by atoms with van der Waals surface area (Å²) in [4.78, 5) is 9.35. The highest BCUT2D eigenvalue weighted by molar-refractivity contribution is 6.30. The summed E-state index contributed by atoms with van der Waals surface area (Å²) in [7, 11) is 0. The summed E-state index contributed by atoms with van der Waals surface area (Å²) >= 11 is 6.14. The SMILES string of the molecule is Cc1nc2ccccc2nc1NC1CCOc2ccc(Cl)cc21. The Bertz CT molecular complexity index is 881. The molecule has 1 atom stereocenters. The Kier molecular flexibility index (Phi) is 3.54. The van der Waals surface area contributed by atoms with Crippen molar-refractivity contribution in [3.05, 3.63) is 58.7 Å². The highest BCUT2D eigenvalue weighted by atomic mass is 35.5. The van der Waals surface area contributed by atoms with Crippen molar-refractivity contribution in [3.8, 4) is 5.75 Å². The molecule has 0 bridgehead atoms. The number of nitrogens with zero attached hydrogens (tertiary/aromatic N) is 2. The minimum atomic E-state index is 0.117. The van der Waals surface area contributed by atoms with Crippen molar-refractivity contribution in [2.75, 3.05) is 11.9 Å². The molecule has 1 aromatic heterocycles. The van der Waals surface area contributed by atoms with Gasteiger partial charge >= 0.3 is 0 Å². The van der Waals surface area contributed by atoms with E-state index in [0.29, 0.717) is 11.6 Å². The van der Waals surface area contributed by atoms with Gasteiger partial charge in [-0.2, -0.15) is 0 Å². The van der Waals surface area contributed by atoms with Crippen molar-refractivity contribution in [3.63, 3.8) is 0 Å². The van der Waals surface area contributed by atoms with Crippen molar-refractivity contribution < 1.29 is 4.74 Å². The van der Waals surface area contributed by atoms with E-state index in [1.54, 1.807) is 0 Å². The van der Waals surface area contributed by atoms with Crippen LogP contribution in [-0.2, 0) is 0 Å². The number of aromatic nitrogens is 2. The lowest BCUT2D eigenvalue weighted by Crippen LogP contribution is -2.21. The van der Waals surface area contributed by atoms with Crippen molar-refractivity contribution in [2.45, 2.75) is 19.4 Å². The Balaban J connectivity index is 1.72. The molecule has 0 aliphatic carbocycles. The summed E-state index contributed by atoms with van der Waals surface area (Å²) in [5.41, 5.74) is 3.75. The van der Waals surface area contributed by atoms with Crippen LogP contribution in [0.3, 0.4) is 0 Å². The van der Waals surface area contributed by atoms with Gasteiger partial charge in [0.1, 0.15) is 11.6 Å². The molecule has 1 unspecified atom stereocenters. The van der Waals surface area contributed by atoms with Gasteiger partial charge in [-0.25, -0.2) is 9.97 Å². The zero-order valence-corrected chi connectivity index (χ0v) is 13.5. The van der Waals surface area contributed by atoms with E-state index in [2.05, 4.69) is 10.3 Å². The maximum Gasteiger partial charge on any atom is 0.148 e. The molecule has 1 N–H and O–H groups in total. The van der Waals surface area contributed by atoms with E-state index in [1.165, 1.54) is 0 Å². The zero-order chi connectivity index (χ0) is 15.8. The molecule has 3 aromatic rings. The topological polar surface area (TPSA) is 47.0 Å². The summed E-state index contributed by atoms with van der Waals surface area (Å²) in [6, 6.07) is 13.7. The molecular formula is C18H16ClN3O. The van der Waals surface area contributed by atoms with Crippen LogP contribution in [0.15, 0.2) is 42.5 Å². The van der Waals surface area contributed by atoms with Crippen molar-refractivity contribution in [1.29, 1.82) is 0 Å². The van der Waals surface area contributed by atoms with E-state index < -0.39 is 0 Å². The van der Waals surface area contributed by atoms with Crippen LogP contribution in [0, 0.1) is 6.92 Å². The second-order valence-electron chi connectivity index (χ2n) is 5.66. The smallest absolute Gasteiger partial charge is 0.148 e. The third kappa shape index (κ3) is 2.70. The molecular weight excluding hydrogens is 310 g/mol. The quantitative estimate of drug-likeness (QED) is 0.752. The molecule has 1 aliphatic heterocycles. The Morgan fingerprint density at radius 1 is 1.13 bits per heavy atom. The molecule has 0 amide bonds. The number of anilines is 1.